The van der Waals surface area contributed by atoms with E-state index in [0.29, 0.717) is 40.4 Å². The first-order chi connectivity index (χ1) is 15.8. The summed E-state index contributed by atoms with van der Waals surface area (Å²) >= 11 is 0. The Bertz CT molecular complexity index is 1170. The van der Waals surface area contributed by atoms with E-state index < -0.39 is 5.97 Å². The molecule has 0 aromatic heterocycles. The molecule has 0 aliphatic heterocycles. The SMILES string of the molecule is CC(C)CNCc1ccc(-c2ccccc2C(=O)Nc2ccc(C(=N)N)cc2)c(C(=O)O)c1. The van der Waals surface area contributed by atoms with Crippen molar-refractivity contribution in [1.29, 1.82) is 5.41 Å². The normalized spacial score (nSPS) is 10.8. The zero-order valence-electron chi connectivity index (χ0n) is 18.7. The molecule has 0 heterocycles. The Morgan fingerprint density at radius 1 is 0.970 bits per heavy atom. The second kappa shape index (κ2) is 10.6. The number of benzene rings is 3. The minimum absolute atomic E-state index is 0.0534. The molecule has 0 fully saturated rings. The van der Waals surface area contributed by atoms with Gasteiger partial charge in [-0.2, -0.15) is 0 Å². The molecule has 3 aromatic carbocycles. The summed E-state index contributed by atoms with van der Waals surface area (Å²) in [5.41, 5.74) is 8.96. The first-order valence-electron chi connectivity index (χ1n) is 10.7. The number of nitrogens with one attached hydrogen (secondary N) is 3. The van der Waals surface area contributed by atoms with E-state index in [0.717, 1.165) is 12.1 Å². The molecule has 3 rings (SSSR count). The summed E-state index contributed by atoms with van der Waals surface area (Å²) < 4.78 is 0. The number of hydrogen-bond acceptors (Lipinski definition) is 4. The van der Waals surface area contributed by atoms with Crippen molar-refractivity contribution in [2.75, 3.05) is 11.9 Å². The number of carboxylic acid groups (broad SMARTS) is 1. The molecule has 0 radical (unpaired) electrons. The third-order valence-electron chi connectivity index (χ3n) is 5.11. The molecule has 0 saturated heterocycles. The molecule has 7 nitrogen and oxygen atoms in total. The lowest BCUT2D eigenvalue weighted by Gasteiger charge is -2.14. The fourth-order valence-electron chi connectivity index (χ4n) is 3.47. The summed E-state index contributed by atoms with van der Waals surface area (Å²) in [5.74, 6) is -0.972. The van der Waals surface area contributed by atoms with E-state index in [4.69, 9.17) is 11.1 Å². The number of carbonyl (C=O) groups is 2. The summed E-state index contributed by atoms with van der Waals surface area (Å²) in [7, 11) is 0. The van der Waals surface area contributed by atoms with E-state index in [1.54, 1.807) is 60.7 Å². The molecule has 6 N–H and O–H groups in total. The molecule has 170 valence electrons. The van der Waals surface area contributed by atoms with Crippen LogP contribution in [-0.4, -0.2) is 29.4 Å². The zero-order chi connectivity index (χ0) is 24.0. The fraction of sp³-hybridized carbons (Fsp3) is 0.192. The highest BCUT2D eigenvalue weighted by atomic mass is 16.4. The number of amides is 1. The first kappa shape index (κ1) is 23.7. The third kappa shape index (κ3) is 6.05. The van der Waals surface area contributed by atoms with E-state index in [1.165, 1.54) is 0 Å². The third-order valence-corrected chi connectivity index (χ3v) is 5.11. The monoisotopic (exact) mass is 444 g/mol. The largest absolute Gasteiger partial charge is 0.478 e. The van der Waals surface area contributed by atoms with Gasteiger partial charge < -0.3 is 21.5 Å². The summed E-state index contributed by atoms with van der Waals surface area (Å²) in [6, 6.07) is 18.8. The van der Waals surface area contributed by atoms with Gasteiger partial charge in [-0.1, -0.05) is 44.2 Å². The molecule has 0 aliphatic carbocycles. The van der Waals surface area contributed by atoms with Crippen molar-refractivity contribution in [3.8, 4) is 11.1 Å². The Hall–Kier alpha value is -3.97. The highest BCUT2D eigenvalue weighted by Gasteiger charge is 2.18. The number of nitrogens with two attached hydrogens (primary N) is 1. The van der Waals surface area contributed by atoms with E-state index in [-0.39, 0.29) is 17.3 Å². The molecule has 3 aromatic rings. The van der Waals surface area contributed by atoms with Crippen molar-refractivity contribution in [2.45, 2.75) is 20.4 Å². The molecule has 0 spiro atoms. The van der Waals surface area contributed by atoms with Crippen molar-refractivity contribution < 1.29 is 14.7 Å². The minimum Gasteiger partial charge on any atom is -0.478 e. The Labute approximate surface area is 193 Å². The standard InChI is InChI=1S/C26H28N4O3/c1-16(2)14-29-15-17-7-12-21(23(13-17)26(32)33)20-5-3-4-6-22(20)25(31)30-19-10-8-18(9-11-19)24(27)28/h3-13,16,29H,14-15H2,1-2H3,(H3,27,28)(H,30,31)(H,32,33). The first-order valence-corrected chi connectivity index (χ1v) is 10.7. The Kier molecular flexibility index (Phi) is 7.58. The van der Waals surface area contributed by atoms with Crippen molar-refractivity contribution in [1.82, 2.24) is 5.32 Å². The lowest BCUT2D eigenvalue weighted by atomic mass is 9.93. The van der Waals surface area contributed by atoms with Gasteiger partial charge in [-0.25, -0.2) is 4.79 Å². The number of hydrogen-bond donors (Lipinski definition) is 5. The van der Waals surface area contributed by atoms with Crippen LogP contribution in [0.15, 0.2) is 66.7 Å². The maximum absolute atomic E-state index is 13.0. The molecule has 0 bridgehead atoms. The summed E-state index contributed by atoms with van der Waals surface area (Å²) in [4.78, 5) is 25.1. The summed E-state index contributed by atoms with van der Waals surface area (Å²) in [5, 5.41) is 23.5. The molecule has 0 saturated carbocycles. The Morgan fingerprint density at radius 2 is 1.64 bits per heavy atom. The van der Waals surface area contributed by atoms with E-state index in [1.807, 2.05) is 6.07 Å². The van der Waals surface area contributed by atoms with Gasteiger partial charge >= 0.3 is 5.97 Å². The van der Waals surface area contributed by atoms with Crippen molar-refractivity contribution in [3.63, 3.8) is 0 Å². The number of aromatic carboxylic acids is 1. The number of rotatable bonds is 9. The summed E-state index contributed by atoms with van der Waals surface area (Å²) in [6.07, 6.45) is 0. The van der Waals surface area contributed by atoms with Gasteiger partial charge in [-0.3, -0.25) is 10.2 Å². The van der Waals surface area contributed by atoms with Crippen LogP contribution in [0.2, 0.25) is 0 Å². The number of anilines is 1. The van der Waals surface area contributed by atoms with E-state index in [9.17, 15) is 14.7 Å². The van der Waals surface area contributed by atoms with Crippen LogP contribution in [0.25, 0.3) is 11.1 Å². The number of nitrogen functional groups attached to an aromatic ring is 1. The lowest BCUT2D eigenvalue weighted by Crippen LogP contribution is -2.19. The van der Waals surface area contributed by atoms with Crippen molar-refractivity contribution in [3.05, 3.63) is 89.0 Å². The van der Waals surface area contributed by atoms with Crippen LogP contribution in [0.4, 0.5) is 5.69 Å². The van der Waals surface area contributed by atoms with Crippen LogP contribution < -0.4 is 16.4 Å². The average molecular weight is 445 g/mol. The van der Waals surface area contributed by atoms with Crippen LogP contribution in [0, 0.1) is 11.3 Å². The maximum Gasteiger partial charge on any atom is 0.336 e. The van der Waals surface area contributed by atoms with Gasteiger partial charge in [0, 0.05) is 23.4 Å². The number of carbonyl (C=O) groups excluding carboxylic acids is 1. The van der Waals surface area contributed by atoms with Gasteiger partial charge in [-0.15, -0.1) is 0 Å². The van der Waals surface area contributed by atoms with Gasteiger partial charge in [0.25, 0.3) is 5.91 Å². The smallest absolute Gasteiger partial charge is 0.336 e. The van der Waals surface area contributed by atoms with Crippen LogP contribution in [0.3, 0.4) is 0 Å². The highest BCUT2D eigenvalue weighted by molar-refractivity contribution is 6.10. The molecular weight excluding hydrogens is 416 g/mol. The van der Waals surface area contributed by atoms with Gasteiger partial charge in [0.15, 0.2) is 0 Å². The predicted molar refractivity (Wildman–Crippen MR) is 131 cm³/mol. The van der Waals surface area contributed by atoms with Crippen LogP contribution >= 0.6 is 0 Å². The van der Waals surface area contributed by atoms with Crippen molar-refractivity contribution >= 4 is 23.4 Å². The molecule has 7 heteroatoms. The molecule has 33 heavy (non-hydrogen) atoms. The Morgan fingerprint density at radius 3 is 2.27 bits per heavy atom. The van der Waals surface area contributed by atoms with Gasteiger partial charge in [0.2, 0.25) is 0 Å². The van der Waals surface area contributed by atoms with E-state index >= 15 is 0 Å². The average Bonchev–Trinajstić information content (AvgIpc) is 2.79. The molecule has 0 atom stereocenters. The second-order valence-electron chi connectivity index (χ2n) is 8.20. The van der Waals surface area contributed by atoms with Gasteiger partial charge in [0.1, 0.15) is 5.84 Å². The van der Waals surface area contributed by atoms with E-state index in [2.05, 4.69) is 24.5 Å². The maximum atomic E-state index is 13.0. The predicted octanol–water partition coefficient (Wildman–Crippen LogP) is 4.33. The van der Waals surface area contributed by atoms with Crippen LogP contribution in [-0.2, 0) is 6.54 Å². The molecular formula is C26H28N4O3. The fourth-order valence-corrected chi connectivity index (χ4v) is 3.47. The quantitative estimate of drug-likeness (QED) is 0.248. The zero-order valence-corrected chi connectivity index (χ0v) is 18.7. The van der Waals surface area contributed by atoms with Gasteiger partial charge in [0.05, 0.1) is 5.56 Å². The molecule has 0 aliphatic rings. The van der Waals surface area contributed by atoms with Crippen LogP contribution in [0.5, 0.6) is 0 Å². The molecule has 1 amide bonds. The molecule has 0 unspecified atom stereocenters. The second-order valence-corrected chi connectivity index (χ2v) is 8.20. The Balaban J connectivity index is 1.90. The number of amidine groups is 1. The minimum atomic E-state index is -1.05. The van der Waals surface area contributed by atoms with Crippen LogP contribution in [0.1, 0.15) is 45.7 Å². The van der Waals surface area contributed by atoms with Gasteiger partial charge in [-0.05, 0) is 65.6 Å². The highest BCUT2D eigenvalue weighted by Crippen LogP contribution is 2.29. The summed E-state index contributed by atoms with van der Waals surface area (Å²) in [6.45, 7) is 5.62. The topological polar surface area (TPSA) is 128 Å². The number of carboxylic acids is 1. The van der Waals surface area contributed by atoms with Crippen molar-refractivity contribution in [2.24, 2.45) is 11.7 Å². The lowest BCUT2D eigenvalue weighted by molar-refractivity contribution is 0.0697.